The normalized spacial score (nSPS) is 14.2. The number of aromatic hydroxyl groups is 1. The van der Waals surface area contributed by atoms with Gasteiger partial charge in [0.15, 0.2) is 0 Å². The minimum absolute atomic E-state index is 0.0326. The van der Waals surface area contributed by atoms with Gasteiger partial charge in [-0.15, -0.1) is 0 Å². The van der Waals surface area contributed by atoms with Gasteiger partial charge in [0.2, 0.25) is 17.7 Å². The van der Waals surface area contributed by atoms with E-state index in [0.29, 0.717) is 17.0 Å². The molecule has 0 spiro atoms. The molecule has 0 radical (unpaired) electrons. The van der Waals surface area contributed by atoms with E-state index >= 15 is 0 Å². The third-order valence-electron chi connectivity index (χ3n) is 5.81. The van der Waals surface area contributed by atoms with Gasteiger partial charge in [-0.05, 0) is 42.0 Å². The molecule has 38 heavy (non-hydrogen) atoms. The fourth-order valence-electron chi connectivity index (χ4n) is 3.63. The maximum Gasteiger partial charge on any atom is 0.326 e. The number of carbonyl (C=O) groups excluding carboxylic acids is 3. The number of carbonyl (C=O) groups is 4. The van der Waals surface area contributed by atoms with Gasteiger partial charge in [0.1, 0.15) is 23.9 Å². The third kappa shape index (κ3) is 9.71. The minimum Gasteiger partial charge on any atom is -0.508 e. The number of benzene rings is 1. The molecule has 0 saturated carbocycles. The first-order chi connectivity index (χ1) is 18.0. The zero-order chi connectivity index (χ0) is 28.2. The molecule has 1 aromatic heterocycles. The predicted molar refractivity (Wildman–Crippen MR) is 143 cm³/mol. The van der Waals surface area contributed by atoms with Gasteiger partial charge in [0, 0.05) is 24.7 Å². The number of aromatic amines is 1. The highest BCUT2D eigenvalue weighted by Gasteiger charge is 2.31. The summed E-state index contributed by atoms with van der Waals surface area (Å²) in [6, 6.07) is 1.89. The van der Waals surface area contributed by atoms with Crippen molar-refractivity contribution in [1.29, 1.82) is 0 Å². The summed E-state index contributed by atoms with van der Waals surface area (Å²) in [5.74, 6) is -2.82. The number of hydrogen-bond donors (Lipinski definition) is 7. The van der Waals surface area contributed by atoms with Gasteiger partial charge >= 0.3 is 5.97 Å². The largest absolute Gasteiger partial charge is 0.508 e. The smallest absolute Gasteiger partial charge is 0.326 e. The number of phenols is 1. The van der Waals surface area contributed by atoms with Crippen molar-refractivity contribution in [2.45, 2.75) is 57.3 Å². The second-order valence-electron chi connectivity index (χ2n) is 9.23. The molecule has 2 aromatic rings. The van der Waals surface area contributed by atoms with E-state index in [1.54, 1.807) is 32.2 Å². The average Bonchev–Trinajstić information content (AvgIpc) is 3.38. The van der Waals surface area contributed by atoms with Crippen LogP contribution in [-0.4, -0.2) is 80.0 Å². The summed E-state index contributed by atoms with van der Waals surface area (Å²) in [6.07, 6.45) is 5.40. The van der Waals surface area contributed by atoms with Crippen molar-refractivity contribution >= 4 is 35.5 Å². The van der Waals surface area contributed by atoms with E-state index in [1.807, 2.05) is 6.26 Å². The van der Waals surface area contributed by atoms with Crippen molar-refractivity contribution in [1.82, 2.24) is 25.9 Å². The van der Waals surface area contributed by atoms with Gasteiger partial charge in [0.05, 0.1) is 12.4 Å². The molecule has 0 fully saturated rings. The molecule has 2 rings (SSSR count). The quantitative estimate of drug-likeness (QED) is 0.162. The lowest BCUT2D eigenvalue weighted by Gasteiger charge is -2.26. The Balaban J connectivity index is 2.20. The van der Waals surface area contributed by atoms with Gasteiger partial charge in [0.25, 0.3) is 0 Å². The van der Waals surface area contributed by atoms with Crippen LogP contribution < -0.4 is 21.7 Å². The Morgan fingerprint density at radius 3 is 2.18 bits per heavy atom. The van der Waals surface area contributed by atoms with Crippen LogP contribution in [0.5, 0.6) is 5.75 Å². The third-order valence-corrected chi connectivity index (χ3v) is 6.46. The number of carboxylic acids is 1. The fraction of sp³-hybridized carbons (Fsp3) is 0.480. The maximum absolute atomic E-state index is 13.3. The summed E-state index contributed by atoms with van der Waals surface area (Å²) in [4.78, 5) is 57.6. The van der Waals surface area contributed by atoms with Gasteiger partial charge in [-0.3, -0.25) is 14.4 Å². The average molecular weight is 549 g/mol. The molecule has 208 valence electrons. The Morgan fingerprint density at radius 2 is 1.63 bits per heavy atom. The summed E-state index contributed by atoms with van der Waals surface area (Å²) in [7, 11) is 0. The SMILES string of the molecule is CSCCC(NC(=O)C(N)Cc1cnc[nH]1)C(=O)NC(Cc1ccc(O)cc1)C(=O)NC(C(=O)O)C(C)C. The Hall–Kier alpha value is -3.58. The number of aromatic nitrogens is 2. The molecule has 8 N–H and O–H groups in total. The molecule has 0 aliphatic rings. The van der Waals surface area contributed by atoms with Crippen LogP contribution in [0.15, 0.2) is 36.8 Å². The standard InChI is InChI=1S/C25H36N6O6S/c1-14(2)21(25(36)37)31-24(35)20(10-15-4-6-17(32)7-5-15)30-23(34)19(8-9-38-3)29-22(33)18(26)11-16-12-27-13-28-16/h4-7,12-14,18-21,32H,8-11,26H2,1-3H3,(H,27,28)(H,29,33)(H,30,34)(H,31,35)(H,36,37). The predicted octanol–water partition coefficient (Wildman–Crippen LogP) is 0.176. The van der Waals surface area contributed by atoms with E-state index in [0.717, 1.165) is 0 Å². The summed E-state index contributed by atoms with van der Waals surface area (Å²) >= 11 is 1.49. The number of hydrogen-bond acceptors (Lipinski definition) is 8. The maximum atomic E-state index is 13.3. The van der Waals surface area contributed by atoms with E-state index in [4.69, 9.17) is 5.73 Å². The van der Waals surface area contributed by atoms with Crippen LogP contribution in [0.4, 0.5) is 0 Å². The molecule has 12 nitrogen and oxygen atoms in total. The second kappa shape index (κ2) is 15.0. The summed E-state index contributed by atoms with van der Waals surface area (Å²) < 4.78 is 0. The van der Waals surface area contributed by atoms with E-state index in [2.05, 4.69) is 25.9 Å². The highest BCUT2D eigenvalue weighted by Crippen LogP contribution is 2.13. The van der Waals surface area contributed by atoms with Crippen molar-refractivity contribution in [3.05, 3.63) is 48.0 Å². The first kappa shape index (κ1) is 30.6. The number of nitrogens with one attached hydrogen (secondary N) is 4. The van der Waals surface area contributed by atoms with Crippen molar-refractivity contribution in [2.75, 3.05) is 12.0 Å². The van der Waals surface area contributed by atoms with Crippen LogP contribution in [0.25, 0.3) is 0 Å². The zero-order valence-electron chi connectivity index (χ0n) is 21.6. The Morgan fingerprint density at radius 1 is 1.00 bits per heavy atom. The summed E-state index contributed by atoms with van der Waals surface area (Å²) in [5, 5.41) is 26.9. The number of carboxylic acid groups (broad SMARTS) is 1. The Bertz CT molecular complexity index is 1060. The van der Waals surface area contributed by atoms with Crippen LogP contribution in [-0.2, 0) is 32.0 Å². The molecular formula is C25H36N6O6S. The monoisotopic (exact) mass is 548 g/mol. The summed E-state index contributed by atoms with van der Waals surface area (Å²) in [5.41, 5.74) is 7.32. The van der Waals surface area contributed by atoms with Crippen LogP contribution >= 0.6 is 11.8 Å². The molecule has 13 heteroatoms. The minimum atomic E-state index is -1.19. The van der Waals surface area contributed by atoms with Crippen LogP contribution in [0.3, 0.4) is 0 Å². The molecule has 0 aliphatic heterocycles. The number of nitrogens with two attached hydrogens (primary N) is 1. The van der Waals surface area contributed by atoms with Crippen molar-refractivity contribution < 1.29 is 29.4 Å². The lowest BCUT2D eigenvalue weighted by atomic mass is 10.0. The first-order valence-electron chi connectivity index (χ1n) is 12.1. The highest BCUT2D eigenvalue weighted by molar-refractivity contribution is 7.98. The molecule has 4 atom stereocenters. The van der Waals surface area contributed by atoms with Crippen molar-refractivity contribution in [2.24, 2.45) is 11.7 Å². The van der Waals surface area contributed by atoms with Gasteiger partial charge < -0.3 is 36.9 Å². The second-order valence-corrected chi connectivity index (χ2v) is 10.2. The van der Waals surface area contributed by atoms with E-state index in [9.17, 15) is 29.4 Å². The molecule has 0 aliphatic carbocycles. The van der Waals surface area contributed by atoms with Crippen LogP contribution in [0.1, 0.15) is 31.5 Å². The molecular weight excluding hydrogens is 512 g/mol. The summed E-state index contributed by atoms with van der Waals surface area (Å²) in [6.45, 7) is 3.32. The molecule has 1 aromatic carbocycles. The molecule has 1 heterocycles. The van der Waals surface area contributed by atoms with Gasteiger partial charge in [-0.25, -0.2) is 9.78 Å². The lowest BCUT2D eigenvalue weighted by molar-refractivity contribution is -0.143. The number of thioether (sulfide) groups is 1. The van der Waals surface area contributed by atoms with Crippen LogP contribution in [0, 0.1) is 5.92 Å². The number of amides is 3. The number of rotatable bonds is 15. The van der Waals surface area contributed by atoms with E-state index in [-0.39, 0.29) is 25.0 Å². The van der Waals surface area contributed by atoms with Crippen molar-refractivity contribution in [3.63, 3.8) is 0 Å². The molecule has 0 saturated heterocycles. The van der Waals surface area contributed by atoms with E-state index < -0.39 is 53.8 Å². The highest BCUT2D eigenvalue weighted by atomic mass is 32.2. The topological polar surface area (TPSA) is 200 Å². The Labute approximate surface area is 225 Å². The first-order valence-corrected chi connectivity index (χ1v) is 13.5. The van der Waals surface area contributed by atoms with E-state index in [1.165, 1.54) is 30.2 Å². The number of nitrogens with zero attached hydrogens (tertiary/aromatic N) is 1. The molecule has 4 unspecified atom stereocenters. The lowest BCUT2D eigenvalue weighted by Crippen LogP contribution is -2.58. The molecule has 3 amide bonds. The number of aliphatic carboxylic acids is 1. The number of phenolic OH excluding ortho intramolecular Hbond substituents is 1. The Kier molecular flexibility index (Phi) is 12.1. The molecule has 0 bridgehead atoms. The fourth-order valence-corrected chi connectivity index (χ4v) is 4.10. The van der Waals surface area contributed by atoms with Gasteiger partial charge in [-0.1, -0.05) is 26.0 Å². The van der Waals surface area contributed by atoms with Gasteiger partial charge in [-0.2, -0.15) is 11.8 Å². The van der Waals surface area contributed by atoms with Crippen LogP contribution in [0.2, 0.25) is 0 Å². The zero-order valence-corrected chi connectivity index (χ0v) is 22.5. The number of imidazole rings is 1. The number of H-pyrrole nitrogens is 1. The van der Waals surface area contributed by atoms with Crippen molar-refractivity contribution in [3.8, 4) is 5.75 Å².